The van der Waals surface area contributed by atoms with E-state index >= 15 is 0 Å². The van der Waals surface area contributed by atoms with Crippen molar-refractivity contribution >= 4 is 5.91 Å². The quantitative estimate of drug-likeness (QED) is 0.639. The number of alkyl halides is 3. The number of hydrogen-bond acceptors (Lipinski definition) is 5. The minimum atomic E-state index is -4.74. The van der Waals surface area contributed by atoms with Crippen molar-refractivity contribution in [2.24, 2.45) is 0 Å². The molecule has 0 spiro atoms. The van der Waals surface area contributed by atoms with E-state index in [1.807, 2.05) is 0 Å². The lowest BCUT2D eigenvalue weighted by atomic mass is 10.1. The summed E-state index contributed by atoms with van der Waals surface area (Å²) >= 11 is 0. The van der Waals surface area contributed by atoms with Crippen LogP contribution in [0, 0.1) is 0 Å². The van der Waals surface area contributed by atoms with Gasteiger partial charge in [-0.2, -0.15) is 0 Å². The summed E-state index contributed by atoms with van der Waals surface area (Å²) in [5.74, 6) is 0.592. The SMILES string of the molecule is COc1cc(OC)cc(C(=O)N2CCCC(OCc3cccc(OC(F)(F)F)c3)C2)c1. The number of amides is 1. The largest absolute Gasteiger partial charge is 0.573 e. The number of likely N-dealkylation sites (tertiary alicyclic amines) is 1. The van der Waals surface area contributed by atoms with Crippen LogP contribution in [0.5, 0.6) is 17.2 Å². The van der Waals surface area contributed by atoms with Crippen molar-refractivity contribution in [1.29, 1.82) is 0 Å². The van der Waals surface area contributed by atoms with Gasteiger partial charge in [-0.15, -0.1) is 13.2 Å². The van der Waals surface area contributed by atoms with Crippen LogP contribution in [-0.4, -0.2) is 50.6 Å². The van der Waals surface area contributed by atoms with E-state index < -0.39 is 6.36 Å². The highest BCUT2D eigenvalue weighted by atomic mass is 19.4. The summed E-state index contributed by atoms with van der Waals surface area (Å²) in [5, 5.41) is 0. The van der Waals surface area contributed by atoms with Gasteiger partial charge in [-0.1, -0.05) is 12.1 Å². The molecule has 31 heavy (non-hydrogen) atoms. The number of rotatable bonds is 7. The molecule has 0 aliphatic carbocycles. The van der Waals surface area contributed by atoms with Crippen LogP contribution >= 0.6 is 0 Å². The summed E-state index contributed by atoms with van der Waals surface area (Å²) in [6.45, 7) is 1.10. The van der Waals surface area contributed by atoms with Crippen LogP contribution in [0.15, 0.2) is 42.5 Å². The molecule has 9 heteroatoms. The van der Waals surface area contributed by atoms with E-state index in [-0.39, 0.29) is 24.4 Å². The first-order valence-electron chi connectivity index (χ1n) is 9.76. The van der Waals surface area contributed by atoms with Crippen LogP contribution in [0.25, 0.3) is 0 Å². The molecule has 0 saturated carbocycles. The van der Waals surface area contributed by atoms with Crippen LogP contribution in [0.3, 0.4) is 0 Å². The Bertz CT molecular complexity index is 881. The summed E-state index contributed by atoms with van der Waals surface area (Å²) in [6, 6.07) is 10.7. The second-order valence-corrected chi connectivity index (χ2v) is 7.12. The third-order valence-corrected chi connectivity index (χ3v) is 4.88. The fourth-order valence-electron chi connectivity index (χ4n) is 3.42. The first-order valence-corrected chi connectivity index (χ1v) is 9.76. The van der Waals surface area contributed by atoms with Crippen LogP contribution in [-0.2, 0) is 11.3 Å². The molecule has 1 unspecified atom stereocenters. The number of carbonyl (C=O) groups excluding carboxylic acids is 1. The zero-order valence-electron chi connectivity index (χ0n) is 17.3. The predicted molar refractivity (Wildman–Crippen MR) is 106 cm³/mol. The highest BCUT2D eigenvalue weighted by Gasteiger charge is 2.31. The summed E-state index contributed by atoms with van der Waals surface area (Å²) in [4.78, 5) is 14.7. The lowest BCUT2D eigenvalue weighted by Crippen LogP contribution is -2.43. The molecule has 1 atom stereocenters. The van der Waals surface area contributed by atoms with Crippen LogP contribution < -0.4 is 14.2 Å². The number of ether oxygens (including phenoxy) is 4. The summed E-state index contributed by atoms with van der Waals surface area (Å²) in [6.07, 6.45) is -3.46. The maximum Gasteiger partial charge on any atom is 0.573 e. The molecular formula is C22H24F3NO5. The highest BCUT2D eigenvalue weighted by Crippen LogP contribution is 2.26. The maximum atomic E-state index is 13.0. The monoisotopic (exact) mass is 439 g/mol. The molecule has 1 amide bonds. The van der Waals surface area contributed by atoms with Crippen LogP contribution in [0.1, 0.15) is 28.8 Å². The molecule has 2 aromatic carbocycles. The van der Waals surface area contributed by atoms with Gasteiger partial charge in [-0.3, -0.25) is 4.79 Å². The van der Waals surface area contributed by atoms with Crippen molar-refractivity contribution in [1.82, 2.24) is 4.90 Å². The highest BCUT2D eigenvalue weighted by molar-refractivity contribution is 5.95. The van der Waals surface area contributed by atoms with E-state index in [1.165, 1.54) is 32.4 Å². The van der Waals surface area contributed by atoms with E-state index in [0.29, 0.717) is 35.7 Å². The molecule has 1 saturated heterocycles. The minimum Gasteiger partial charge on any atom is -0.497 e. The van der Waals surface area contributed by atoms with Gasteiger partial charge in [0, 0.05) is 24.7 Å². The zero-order chi connectivity index (χ0) is 22.4. The van der Waals surface area contributed by atoms with E-state index in [4.69, 9.17) is 14.2 Å². The van der Waals surface area contributed by atoms with Gasteiger partial charge in [0.2, 0.25) is 0 Å². The van der Waals surface area contributed by atoms with Crippen molar-refractivity contribution < 1.29 is 36.9 Å². The molecule has 1 fully saturated rings. The van der Waals surface area contributed by atoms with E-state index in [2.05, 4.69) is 4.74 Å². The number of hydrogen-bond donors (Lipinski definition) is 0. The van der Waals surface area contributed by atoms with Gasteiger partial charge in [0.15, 0.2) is 0 Å². The Morgan fingerprint density at radius 1 is 1.06 bits per heavy atom. The first-order chi connectivity index (χ1) is 14.8. The average Bonchev–Trinajstić information content (AvgIpc) is 2.76. The number of nitrogens with zero attached hydrogens (tertiary/aromatic N) is 1. The van der Waals surface area contributed by atoms with E-state index in [9.17, 15) is 18.0 Å². The first kappa shape index (κ1) is 22.7. The third-order valence-electron chi connectivity index (χ3n) is 4.88. The molecule has 1 aliphatic rings. The zero-order valence-corrected chi connectivity index (χ0v) is 17.3. The number of halogens is 3. The lowest BCUT2D eigenvalue weighted by Gasteiger charge is -2.33. The smallest absolute Gasteiger partial charge is 0.497 e. The topological polar surface area (TPSA) is 57.2 Å². The van der Waals surface area contributed by atoms with Crippen LogP contribution in [0.2, 0.25) is 0 Å². The third kappa shape index (κ3) is 6.52. The molecule has 0 bridgehead atoms. The van der Waals surface area contributed by atoms with Gasteiger partial charge < -0.3 is 23.8 Å². The number of piperidine rings is 1. The van der Waals surface area contributed by atoms with Crippen molar-refractivity contribution in [3.63, 3.8) is 0 Å². The Morgan fingerprint density at radius 2 is 1.77 bits per heavy atom. The van der Waals surface area contributed by atoms with E-state index in [0.717, 1.165) is 12.8 Å². The summed E-state index contributed by atoms with van der Waals surface area (Å²) < 4.78 is 57.5. The van der Waals surface area contributed by atoms with Crippen molar-refractivity contribution in [2.75, 3.05) is 27.3 Å². The molecule has 0 radical (unpaired) electrons. The number of methoxy groups -OCH3 is 2. The summed E-state index contributed by atoms with van der Waals surface area (Å²) in [5.41, 5.74) is 1.01. The van der Waals surface area contributed by atoms with Gasteiger partial charge in [0.25, 0.3) is 5.91 Å². The van der Waals surface area contributed by atoms with Gasteiger partial charge in [0.05, 0.1) is 26.9 Å². The second kappa shape index (κ2) is 9.91. The Morgan fingerprint density at radius 3 is 2.42 bits per heavy atom. The minimum absolute atomic E-state index is 0.120. The Labute approximate surface area is 178 Å². The summed E-state index contributed by atoms with van der Waals surface area (Å²) in [7, 11) is 3.03. The van der Waals surface area contributed by atoms with Gasteiger partial charge in [-0.05, 0) is 42.7 Å². The maximum absolute atomic E-state index is 13.0. The Hall–Kier alpha value is -2.94. The molecule has 1 heterocycles. The van der Waals surface area contributed by atoms with Gasteiger partial charge in [-0.25, -0.2) is 0 Å². The average molecular weight is 439 g/mol. The molecule has 2 aromatic rings. The van der Waals surface area contributed by atoms with Gasteiger partial charge in [0.1, 0.15) is 17.2 Å². The number of benzene rings is 2. The fourth-order valence-corrected chi connectivity index (χ4v) is 3.42. The normalized spacial score (nSPS) is 16.7. The Kier molecular flexibility index (Phi) is 7.27. The molecule has 6 nitrogen and oxygen atoms in total. The molecule has 3 rings (SSSR count). The van der Waals surface area contributed by atoms with Crippen molar-refractivity contribution in [2.45, 2.75) is 31.9 Å². The molecule has 0 N–H and O–H groups in total. The fraction of sp³-hybridized carbons (Fsp3) is 0.409. The standard InChI is InChI=1S/C22H24F3NO5/c1-28-19-10-16(11-20(12-19)29-2)21(27)26-8-4-7-18(13-26)30-14-15-5-3-6-17(9-15)31-22(23,24)25/h3,5-6,9-12,18H,4,7-8,13-14H2,1-2H3. The molecule has 168 valence electrons. The molecular weight excluding hydrogens is 415 g/mol. The Balaban J connectivity index is 1.61. The molecule has 1 aliphatic heterocycles. The number of carbonyl (C=O) groups is 1. The van der Waals surface area contributed by atoms with Crippen molar-refractivity contribution in [3.8, 4) is 17.2 Å². The van der Waals surface area contributed by atoms with Gasteiger partial charge >= 0.3 is 6.36 Å². The lowest BCUT2D eigenvalue weighted by molar-refractivity contribution is -0.274. The second-order valence-electron chi connectivity index (χ2n) is 7.12. The molecule has 0 aromatic heterocycles. The predicted octanol–water partition coefficient (Wildman–Crippen LogP) is 4.42. The van der Waals surface area contributed by atoms with Crippen LogP contribution in [0.4, 0.5) is 13.2 Å². The van der Waals surface area contributed by atoms with Crippen molar-refractivity contribution in [3.05, 3.63) is 53.6 Å². The van der Waals surface area contributed by atoms with E-state index in [1.54, 1.807) is 29.2 Å².